The molecule has 108 valence electrons. The molecule has 0 saturated heterocycles. The van der Waals surface area contributed by atoms with E-state index in [0.717, 1.165) is 4.90 Å². The van der Waals surface area contributed by atoms with Crippen molar-refractivity contribution in [2.24, 2.45) is 0 Å². The Kier molecular flexibility index (Phi) is 2.90. The van der Waals surface area contributed by atoms with E-state index in [1.165, 1.54) is 0 Å². The maximum Gasteiger partial charge on any atom is 0.262 e. The number of imide groups is 1. The molecule has 0 unspecified atom stereocenters. The molecule has 6 heteroatoms. The van der Waals surface area contributed by atoms with E-state index in [1.807, 2.05) is 20.8 Å². The zero-order valence-electron chi connectivity index (χ0n) is 12.1. The van der Waals surface area contributed by atoms with E-state index < -0.39 is 0 Å². The molecule has 1 aliphatic heterocycles. The summed E-state index contributed by atoms with van der Waals surface area (Å²) in [6.45, 7) is 5.88. The maximum atomic E-state index is 12.2. The molecule has 2 heterocycles. The largest absolute Gasteiger partial charge is 0.337 e. The molecule has 0 radical (unpaired) electrons. The van der Waals surface area contributed by atoms with Gasteiger partial charge in [0.2, 0.25) is 5.89 Å². The highest BCUT2D eigenvalue weighted by molar-refractivity contribution is 6.21. The number of fused-ring (bicyclic) bond motifs is 1. The highest BCUT2D eigenvalue weighted by Crippen LogP contribution is 2.25. The van der Waals surface area contributed by atoms with Gasteiger partial charge in [0, 0.05) is 5.41 Å². The van der Waals surface area contributed by atoms with Gasteiger partial charge in [-0.25, -0.2) is 0 Å². The van der Waals surface area contributed by atoms with Gasteiger partial charge in [0.25, 0.3) is 11.8 Å². The number of benzene rings is 1. The number of nitrogens with zero attached hydrogens (tertiary/aromatic N) is 3. The van der Waals surface area contributed by atoms with Crippen molar-refractivity contribution in [2.75, 3.05) is 0 Å². The summed E-state index contributed by atoms with van der Waals surface area (Å²) in [6, 6.07) is 6.75. The van der Waals surface area contributed by atoms with Gasteiger partial charge in [0.1, 0.15) is 6.54 Å². The van der Waals surface area contributed by atoms with Crippen molar-refractivity contribution in [3.05, 3.63) is 47.1 Å². The van der Waals surface area contributed by atoms with Crippen LogP contribution in [0.1, 0.15) is 53.2 Å². The number of aromatic nitrogens is 2. The fourth-order valence-corrected chi connectivity index (χ4v) is 2.14. The molecule has 21 heavy (non-hydrogen) atoms. The number of hydrogen-bond acceptors (Lipinski definition) is 5. The number of hydrogen-bond donors (Lipinski definition) is 0. The minimum absolute atomic E-state index is 0.00454. The van der Waals surface area contributed by atoms with Crippen molar-refractivity contribution in [1.82, 2.24) is 15.0 Å². The van der Waals surface area contributed by atoms with Crippen molar-refractivity contribution in [3.8, 4) is 0 Å². The van der Waals surface area contributed by atoms with E-state index in [-0.39, 0.29) is 29.7 Å². The van der Waals surface area contributed by atoms with Gasteiger partial charge in [0.05, 0.1) is 11.1 Å². The third-order valence-electron chi connectivity index (χ3n) is 3.31. The Morgan fingerprint density at radius 3 is 2.14 bits per heavy atom. The van der Waals surface area contributed by atoms with Crippen LogP contribution in [0.15, 0.2) is 28.8 Å². The van der Waals surface area contributed by atoms with Crippen LogP contribution in [-0.4, -0.2) is 26.9 Å². The van der Waals surface area contributed by atoms with E-state index in [9.17, 15) is 9.59 Å². The quantitative estimate of drug-likeness (QED) is 0.790. The highest BCUT2D eigenvalue weighted by atomic mass is 16.5. The molecule has 0 bridgehead atoms. The van der Waals surface area contributed by atoms with Crippen molar-refractivity contribution in [1.29, 1.82) is 0 Å². The topological polar surface area (TPSA) is 76.3 Å². The predicted octanol–water partition coefficient (Wildman–Crippen LogP) is 2.16. The molecule has 0 spiro atoms. The van der Waals surface area contributed by atoms with Crippen LogP contribution in [0.25, 0.3) is 0 Å². The second kappa shape index (κ2) is 4.51. The molecule has 3 rings (SSSR count). The second-order valence-electron chi connectivity index (χ2n) is 6.00. The summed E-state index contributed by atoms with van der Waals surface area (Å²) in [5.41, 5.74) is 0.583. The van der Waals surface area contributed by atoms with Gasteiger partial charge in [-0.15, -0.1) is 0 Å². The lowest BCUT2D eigenvalue weighted by Crippen LogP contribution is -2.29. The van der Waals surface area contributed by atoms with Crippen molar-refractivity contribution >= 4 is 11.8 Å². The Morgan fingerprint density at radius 2 is 1.67 bits per heavy atom. The van der Waals surface area contributed by atoms with Crippen LogP contribution < -0.4 is 0 Å². The molecular weight excluding hydrogens is 270 g/mol. The van der Waals surface area contributed by atoms with Crippen LogP contribution in [0, 0.1) is 0 Å². The van der Waals surface area contributed by atoms with Crippen LogP contribution in [0.3, 0.4) is 0 Å². The molecular formula is C15H15N3O3. The van der Waals surface area contributed by atoms with Gasteiger partial charge in [-0.2, -0.15) is 4.98 Å². The second-order valence-corrected chi connectivity index (χ2v) is 6.00. The predicted molar refractivity (Wildman–Crippen MR) is 73.6 cm³/mol. The first-order valence-corrected chi connectivity index (χ1v) is 6.66. The third kappa shape index (κ3) is 2.22. The molecule has 0 N–H and O–H groups in total. The fourth-order valence-electron chi connectivity index (χ4n) is 2.14. The molecule has 2 amide bonds. The third-order valence-corrected chi connectivity index (χ3v) is 3.31. The Morgan fingerprint density at radius 1 is 1.10 bits per heavy atom. The summed E-state index contributed by atoms with van der Waals surface area (Å²) in [7, 11) is 0. The monoisotopic (exact) mass is 285 g/mol. The first-order valence-electron chi connectivity index (χ1n) is 6.66. The SMILES string of the molecule is CC(C)(C)c1noc(CN2C(=O)c3ccccc3C2=O)n1. The van der Waals surface area contributed by atoms with Gasteiger partial charge in [0.15, 0.2) is 5.82 Å². The van der Waals surface area contributed by atoms with Crippen molar-refractivity contribution in [2.45, 2.75) is 32.7 Å². The minimum Gasteiger partial charge on any atom is -0.337 e. The standard InChI is InChI=1S/C15H15N3O3/c1-15(2,3)14-16-11(21-17-14)8-18-12(19)9-6-4-5-7-10(9)13(18)20/h4-7H,8H2,1-3H3. The van der Waals surface area contributed by atoms with Gasteiger partial charge in [-0.1, -0.05) is 38.1 Å². The molecule has 0 aliphatic carbocycles. The summed E-state index contributed by atoms with van der Waals surface area (Å²) in [5, 5.41) is 3.89. The van der Waals surface area contributed by atoms with E-state index in [2.05, 4.69) is 10.1 Å². The zero-order valence-corrected chi connectivity index (χ0v) is 12.1. The average Bonchev–Trinajstić information content (AvgIpc) is 2.99. The highest BCUT2D eigenvalue weighted by Gasteiger charge is 2.36. The Labute approximate surface area is 121 Å². The summed E-state index contributed by atoms with van der Waals surface area (Å²) in [5.74, 6) is 0.153. The van der Waals surface area contributed by atoms with E-state index in [4.69, 9.17) is 4.52 Å². The van der Waals surface area contributed by atoms with Gasteiger partial charge in [-0.05, 0) is 12.1 Å². The number of amides is 2. The van der Waals surface area contributed by atoms with Crippen molar-refractivity contribution in [3.63, 3.8) is 0 Å². The van der Waals surface area contributed by atoms with E-state index in [1.54, 1.807) is 24.3 Å². The lowest BCUT2D eigenvalue weighted by atomic mass is 9.96. The van der Waals surface area contributed by atoms with Crippen LogP contribution in [0.5, 0.6) is 0 Å². The normalized spacial score (nSPS) is 14.7. The fraction of sp³-hybridized carbons (Fsp3) is 0.333. The van der Waals surface area contributed by atoms with Crippen LogP contribution >= 0.6 is 0 Å². The van der Waals surface area contributed by atoms with Crippen LogP contribution in [-0.2, 0) is 12.0 Å². The Bertz CT molecular complexity index is 693. The molecule has 1 aliphatic rings. The maximum absolute atomic E-state index is 12.2. The van der Waals surface area contributed by atoms with Crippen LogP contribution in [0.4, 0.5) is 0 Å². The molecule has 6 nitrogen and oxygen atoms in total. The molecule has 0 saturated carbocycles. The molecule has 2 aromatic rings. The lowest BCUT2D eigenvalue weighted by Gasteiger charge is -2.12. The van der Waals surface area contributed by atoms with Gasteiger partial charge < -0.3 is 4.52 Å². The number of rotatable bonds is 2. The summed E-state index contributed by atoms with van der Waals surface area (Å²) in [6.07, 6.45) is 0. The van der Waals surface area contributed by atoms with Gasteiger partial charge in [-0.3, -0.25) is 14.5 Å². The van der Waals surface area contributed by atoms with E-state index >= 15 is 0 Å². The zero-order chi connectivity index (χ0) is 15.2. The molecule has 0 atom stereocenters. The first kappa shape index (κ1) is 13.5. The number of carbonyl (C=O) groups is 2. The Hall–Kier alpha value is -2.50. The van der Waals surface area contributed by atoms with Crippen molar-refractivity contribution < 1.29 is 14.1 Å². The smallest absolute Gasteiger partial charge is 0.262 e. The summed E-state index contributed by atoms with van der Waals surface area (Å²) in [4.78, 5) is 29.8. The summed E-state index contributed by atoms with van der Waals surface area (Å²) >= 11 is 0. The Balaban J connectivity index is 1.86. The average molecular weight is 285 g/mol. The molecule has 1 aromatic carbocycles. The van der Waals surface area contributed by atoms with Gasteiger partial charge >= 0.3 is 0 Å². The molecule has 1 aromatic heterocycles. The van der Waals surface area contributed by atoms with E-state index in [0.29, 0.717) is 17.0 Å². The molecule has 0 fully saturated rings. The summed E-state index contributed by atoms with van der Waals surface area (Å²) < 4.78 is 5.14. The van der Waals surface area contributed by atoms with Crippen LogP contribution in [0.2, 0.25) is 0 Å². The number of carbonyl (C=O) groups excluding carboxylic acids is 2. The lowest BCUT2D eigenvalue weighted by molar-refractivity contribution is 0.0625. The first-order chi connectivity index (χ1) is 9.88. The minimum atomic E-state index is -0.328.